The maximum atomic E-state index is 10.3. The summed E-state index contributed by atoms with van der Waals surface area (Å²) in [7, 11) is 3.94. The molecule has 1 aromatic heterocycles. The Bertz CT molecular complexity index is 937. The average molecular weight is 410 g/mol. The summed E-state index contributed by atoms with van der Waals surface area (Å²) in [6.45, 7) is 6.05. The van der Waals surface area contributed by atoms with Gasteiger partial charge in [-0.25, -0.2) is 4.98 Å². The first-order valence-corrected chi connectivity index (χ1v) is 10.2. The molecule has 6 nitrogen and oxygen atoms in total. The number of rotatable bonds is 10. The van der Waals surface area contributed by atoms with Crippen LogP contribution in [0.15, 0.2) is 54.9 Å². The van der Waals surface area contributed by atoms with Gasteiger partial charge in [-0.05, 0) is 50.2 Å². The molecule has 1 heterocycles. The van der Waals surface area contributed by atoms with Crippen LogP contribution in [0.5, 0.6) is 11.5 Å². The number of hydrogen-bond donors (Lipinski definition) is 1. The molecule has 1 unspecified atom stereocenters. The summed E-state index contributed by atoms with van der Waals surface area (Å²) >= 11 is 0. The van der Waals surface area contributed by atoms with Crippen molar-refractivity contribution in [3.8, 4) is 11.5 Å². The van der Waals surface area contributed by atoms with Gasteiger partial charge in [-0.3, -0.25) is 4.90 Å². The van der Waals surface area contributed by atoms with Gasteiger partial charge in [0.05, 0.1) is 0 Å². The molecule has 0 fully saturated rings. The molecule has 2 aromatic carbocycles. The number of aryl methyl sites for hydroxylation is 3. The van der Waals surface area contributed by atoms with Crippen molar-refractivity contribution in [3.63, 3.8) is 0 Å². The summed E-state index contributed by atoms with van der Waals surface area (Å²) in [5.41, 5.74) is 3.44. The first-order valence-electron chi connectivity index (χ1n) is 10.2. The van der Waals surface area contributed by atoms with Crippen LogP contribution in [0.3, 0.4) is 0 Å². The van der Waals surface area contributed by atoms with Gasteiger partial charge >= 0.3 is 0 Å². The number of nitrogens with zero attached hydrogens (tertiary/aromatic N) is 3. The lowest BCUT2D eigenvalue weighted by molar-refractivity contribution is 0.0741. The van der Waals surface area contributed by atoms with E-state index < -0.39 is 6.10 Å². The van der Waals surface area contributed by atoms with Crippen LogP contribution < -0.4 is 9.47 Å². The zero-order chi connectivity index (χ0) is 21.5. The summed E-state index contributed by atoms with van der Waals surface area (Å²) in [5, 5.41) is 10.3. The number of benzene rings is 2. The molecule has 6 heteroatoms. The molecule has 30 heavy (non-hydrogen) atoms. The number of likely N-dealkylation sites (N-methyl/N-ethyl adjacent to an activating group) is 1. The van der Waals surface area contributed by atoms with Gasteiger partial charge in [0.25, 0.3) is 0 Å². The van der Waals surface area contributed by atoms with E-state index in [-0.39, 0.29) is 6.61 Å². The van der Waals surface area contributed by atoms with Gasteiger partial charge in [-0.2, -0.15) is 0 Å². The Balaban J connectivity index is 1.42. The lowest BCUT2D eigenvalue weighted by atomic mass is 10.1. The van der Waals surface area contributed by atoms with Crippen LogP contribution >= 0.6 is 0 Å². The minimum absolute atomic E-state index is 0.272. The molecular weight excluding hydrogens is 378 g/mol. The van der Waals surface area contributed by atoms with E-state index >= 15 is 0 Å². The normalized spacial score (nSPS) is 12.2. The van der Waals surface area contributed by atoms with Crippen molar-refractivity contribution in [2.24, 2.45) is 7.05 Å². The maximum absolute atomic E-state index is 10.3. The Morgan fingerprint density at radius 1 is 1.10 bits per heavy atom. The van der Waals surface area contributed by atoms with Gasteiger partial charge < -0.3 is 19.1 Å². The summed E-state index contributed by atoms with van der Waals surface area (Å²) in [5.74, 6) is 2.52. The van der Waals surface area contributed by atoms with Crippen LogP contribution in [-0.4, -0.2) is 45.9 Å². The molecule has 0 aliphatic heterocycles. The molecule has 3 aromatic rings. The number of hydrogen-bond acceptors (Lipinski definition) is 5. The number of aromatic nitrogens is 2. The molecule has 0 aliphatic rings. The summed E-state index contributed by atoms with van der Waals surface area (Å²) in [6, 6.07) is 14.1. The van der Waals surface area contributed by atoms with Crippen molar-refractivity contribution in [3.05, 3.63) is 77.4 Å². The Kier molecular flexibility index (Phi) is 7.49. The van der Waals surface area contributed by atoms with Gasteiger partial charge in [0.1, 0.15) is 36.6 Å². The van der Waals surface area contributed by atoms with Gasteiger partial charge in [0.15, 0.2) is 0 Å². The molecule has 0 spiro atoms. The van der Waals surface area contributed by atoms with Crippen molar-refractivity contribution in [2.75, 3.05) is 20.2 Å². The summed E-state index contributed by atoms with van der Waals surface area (Å²) in [4.78, 5) is 6.34. The number of aliphatic hydroxyl groups is 1. The van der Waals surface area contributed by atoms with E-state index in [2.05, 4.69) is 22.9 Å². The number of aliphatic hydroxyl groups excluding tert-OH is 1. The van der Waals surface area contributed by atoms with Gasteiger partial charge in [0, 0.05) is 32.5 Å². The van der Waals surface area contributed by atoms with E-state index in [9.17, 15) is 5.11 Å². The zero-order valence-corrected chi connectivity index (χ0v) is 18.2. The Morgan fingerprint density at radius 2 is 1.87 bits per heavy atom. The Morgan fingerprint density at radius 3 is 2.53 bits per heavy atom. The fraction of sp³-hybridized carbons (Fsp3) is 0.375. The van der Waals surface area contributed by atoms with Crippen LogP contribution in [0, 0.1) is 13.8 Å². The maximum Gasteiger partial charge on any atom is 0.146 e. The molecule has 0 amide bonds. The van der Waals surface area contributed by atoms with Gasteiger partial charge in [-0.15, -0.1) is 0 Å². The highest BCUT2D eigenvalue weighted by atomic mass is 16.5. The van der Waals surface area contributed by atoms with E-state index in [0.717, 1.165) is 35.0 Å². The second-order valence-corrected chi connectivity index (χ2v) is 7.82. The highest BCUT2D eigenvalue weighted by Crippen LogP contribution is 2.19. The van der Waals surface area contributed by atoms with E-state index in [1.165, 1.54) is 5.56 Å². The lowest BCUT2D eigenvalue weighted by Gasteiger charge is -2.21. The predicted octanol–water partition coefficient (Wildman–Crippen LogP) is 3.49. The second kappa shape index (κ2) is 10.3. The largest absolute Gasteiger partial charge is 0.491 e. The van der Waals surface area contributed by atoms with E-state index in [0.29, 0.717) is 13.2 Å². The number of imidazole rings is 1. The van der Waals surface area contributed by atoms with E-state index in [1.54, 1.807) is 6.20 Å². The second-order valence-electron chi connectivity index (χ2n) is 7.82. The first-order chi connectivity index (χ1) is 14.4. The van der Waals surface area contributed by atoms with Crippen molar-refractivity contribution < 1.29 is 14.6 Å². The Labute approximate surface area is 178 Å². The van der Waals surface area contributed by atoms with Crippen molar-refractivity contribution in [1.82, 2.24) is 14.5 Å². The smallest absolute Gasteiger partial charge is 0.146 e. The average Bonchev–Trinajstić information content (AvgIpc) is 3.11. The van der Waals surface area contributed by atoms with Crippen molar-refractivity contribution >= 4 is 0 Å². The third-order valence-electron chi connectivity index (χ3n) is 4.95. The van der Waals surface area contributed by atoms with Crippen LogP contribution in [0.25, 0.3) is 0 Å². The lowest BCUT2D eigenvalue weighted by Crippen LogP contribution is -2.32. The van der Waals surface area contributed by atoms with Gasteiger partial charge in [-0.1, -0.05) is 29.8 Å². The highest BCUT2D eigenvalue weighted by Gasteiger charge is 2.11. The molecular formula is C24H31N3O3. The molecule has 0 radical (unpaired) electrons. The van der Waals surface area contributed by atoms with Crippen LogP contribution in [0.1, 0.15) is 22.5 Å². The molecule has 0 saturated carbocycles. The fourth-order valence-electron chi connectivity index (χ4n) is 3.31. The fourth-order valence-corrected chi connectivity index (χ4v) is 3.31. The summed E-state index contributed by atoms with van der Waals surface area (Å²) < 4.78 is 13.5. The Hall–Kier alpha value is -2.83. The molecule has 0 aliphatic carbocycles. The van der Waals surface area contributed by atoms with Crippen LogP contribution in [0.2, 0.25) is 0 Å². The molecule has 1 atom stereocenters. The van der Waals surface area contributed by atoms with E-state index in [1.807, 2.05) is 68.2 Å². The summed E-state index contributed by atoms with van der Waals surface area (Å²) in [6.07, 6.45) is 3.11. The standard InChI is InChI=1S/C24H31N3O3/c1-18-5-10-23(19(2)13-18)30-16-21(28)15-26(3)14-20-6-8-22(9-7-20)29-17-24-25-11-12-27(24)4/h5-13,21,28H,14-17H2,1-4H3. The zero-order valence-electron chi connectivity index (χ0n) is 18.2. The SMILES string of the molecule is Cc1ccc(OCC(O)CN(C)Cc2ccc(OCc3nccn3C)cc2)c(C)c1. The van der Waals surface area contributed by atoms with Crippen LogP contribution in [-0.2, 0) is 20.2 Å². The monoisotopic (exact) mass is 409 g/mol. The highest BCUT2D eigenvalue weighted by molar-refractivity contribution is 5.35. The van der Waals surface area contributed by atoms with Crippen molar-refractivity contribution in [1.29, 1.82) is 0 Å². The molecule has 1 N–H and O–H groups in total. The predicted molar refractivity (Wildman–Crippen MR) is 118 cm³/mol. The molecule has 0 bridgehead atoms. The topological polar surface area (TPSA) is 59.8 Å². The van der Waals surface area contributed by atoms with E-state index in [4.69, 9.17) is 9.47 Å². The third kappa shape index (κ3) is 6.34. The quantitative estimate of drug-likeness (QED) is 0.555. The molecule has 3 rings (SSSR count). The molecule has 0 saturated heterocycles. The van der Waals surface area contributed by atoms with Crippen molar-refractivity contribution in [2.45, 2.75) is 33.1 Å². The number of ether oxygens (including phenoxy) is 2. The van der Waals surface area contributed by atoms with Crippen LogP contribution in [0.4, 0.5) is 0 Å². The third-order valence-corrected chi connectivity index (χ3v) is 4.95. The molecule has 160 valence electrons. The first kappa shape index (κ1) is 21.9. The van der Waals surface area contributed by atoms with Gasteiger partial charge in [0.2, 0.25) is 0 Å². The minimum atomic E-state index is -0.559. The minimum Gasteiger partial charge on any atom is -0.491 e.